The predicted octanol–water partition coefficient (Wildman–Crippen LogP) is 1.50. The Hall–Kier alpha value is -1.95. The number of nitrogens with zero attached hydrogens (tertiary/aromatic N) is 5. The van der Waals surface area contributed by atoms with E-state index < -0.39 is 0 Å². The fraction of sp³-hybridized carbons (Fsp3) is 0.500. The fourth-order valence-electron chi connectivity index (χ4n) is 3.02. The van der Waals surface area contributed by atoms with Crippen molar-refractivity contribution < 1.29 is 4.39 Å². The molecule has 1 aromatic heterocycles. The number of piperazine rings is 1. The first-order valence-corrected chi connectivity index (χ1v) is 7.61. The van der Waals surface area contributed by atoms with Crippen LogP contribution in [-0.4, -0.2) is 72.0 Å². The summed E-state index contributed by atoms with van der Waals surface area (Å²) in [5.74, 6) is 0.599. The molecule has 0 bridgehead atoms. The van der Waals surface area contributed by atoms with Crippen LogP contribution in [0.4, 0.5) is 4.39 Å². The number of rotatable bonds is 1. The number of halogens is 1. The Bertz CT molecular complexity index is 612. The van der Waals surface area contributed by atoms with Crippen molar-refractivity contribution in [1.82, 2.24) is 19.7 Å². The molecule has 0 aromatic carbocycles. The Morgan fingerprint density at radius 2 is 2.09 bits per heavy atom. The Labute approximate surface area is 130 Å². The smallest absolute Gasteiger partial charge is 0.202 e. The van der Waals surface area contributed by atoms with Gasteiger partial charge in [0.05, 0.1) is 11.9 Å². The molecule has 0 N–H and O–H groups in total. The van der Waals surface area contributed by atoms with Gasteiger partial charge in [-0.05, 0) is 26.1 Å². The lowest BCUT2D eigenvalue weighted by atomic mass is 10.1. The van der Waals surface area contributed by atoms with Gasteiger partial charge >= 0.3 is 0 Å². The minimum absolute atomic E-state index is 0.326. The SMILES string of the molecule is C[C@@H]1CN(C)CCN1C1=NC(c2ccncc2F)=CCN1C. The van der Waals surface area contributed by atoms with Crippen LogP contribution >= 0.6 is 0 Å². The van der Waals surface area contributed by atoms with Crippen LogP contribution in [0.5, 0.6) is 0 Å². The number of aromatic nitrogens is 1. The van der Waals surface area contributed by atoms with Crippen LogP contribution in [0.15, 0.2) is 29.5 Å². The topological polar surface area (TPSA) is 35.0 Å². The summed E-state index contributed by atoms with van der Waals surface area (Å²) in [4.78, 5) is 15.3. The maximum absolute atomic E-state index is 14.0. The molecule has 0 amide bonds. The zero-order valence-corrected chi connectivity index (χ0v) is 13.3. The number of likely N-dealkylation sites (N-methyl/N-ethyl adjacent to an activating group) is 2. The molecule has 3 rings (SSSR count). The second-order valence-corrected chi connectivity index (χ2v) is 6.04. The molecule has 6 heteroatoms. The average Bonchev–Trinajstić information content (AvgIpc) is 2.49. The lowest BCUT2D eigenvalue weighted by molar-refractivity contribution is 0.149. The van der Waals surface area contributed by atoms with Crippen molar-refractivity contribution in [2.45, 2.75) is 13.0 Å². The molecule has 0 aliphatic carbocycles. The number of pyridine rings is 1. The Morgan fingerprint density at radius 1 is 1.27 bits per heavy atom. The molecule has 0 spiro atoms. The van der Waals surface area contributed by atoms with Crippen molar-refractivity contribution >= 4 is 11.7 Å². The van der Waals surface area contributed by atoms with Crippen molar-refractivity contribution in [1.29, 1.82) is 0 Å². The van der Waals surface area contributed by atoms with Gasteiger partial charge in [0, 0.05) is 51.0 Å². The third kappa shape index (κ3) is 2.83. The molecular formula is C16H22FN5. The van der Waals surface area contributed by atoms with Crippen molar-refractivity contribution in [2.24, 2.45) is 4.99 Å². The number of guanidine groups is 1. The van der Waals surface area contributed by atoms with Gasteiger partial charge in [-0.25, -0.2) is 9.38 Å². The highest BCUT2D eigenvalue weighted by molar-refractivity contribution is 5.88. The first kappa shape index (κ1) is 15.0. The molecule has 5 nitrogen and oxygen atoms in total. The standard InChI is InChI=1S/C16H22FN5/c1-12-11-20(2)8-9-22(12)16-19-15(5-7-21(16)3)13-4-6-18-10-14(13)17/h4-6,10,12H,7-9,11H2,1-3H3/t12-/m1/s1. The van der Waals surface area contributed by atoms with Crippen molar-refractivity contribution in [3.63, 3.8) is 0 Å². The summed E-state index contributed by atoms with van der Waals surface area (Å²) < 4.78 is 14.0. The van der Waals surface area contributed by atoms with Crippen LogP contribution < -0.4 is 0 Å². The fourth-order valence-corrected chi connectivity index (χ4v) is 3.02. The van der Waals surface area contributed by atoms with Gasteiger partial charge < -0.3 is 14.7 Å². The quantitative estimate of drug-likeness (QED) is 0.787. The monoisotopic (exact) mass is 303 g/mol. The second kappa shape index (κ2) is 6.04. The van der Waals surface area contributed by atoms with E-state index in [2.05, 4.69) is 33.7 Å². The highest BCUT2D eigenvalue weighted by Crippen LogP contribution is 2.23. The number of hydrogen-bond acceptors (Lipinski definition) is 5. The predicted molar refractivity (Wildman–Crippen MR) is 85.9 cm³/mol. The average molecular weight is 303 g/mol. The maximum Gasteiger partial charge on any atom is 0.202 e. The van der Waals surface area contributed by atoms with E-state index in [4.69, 9.17) is 4.99 Å². The first-order chi connectivity index (χ1) is 10.6. The second-order valence-electron chi connectivity index (χ2n) is 6.04. The Balaban J connectivity index is 1.90. The van der Waals surface area contributed by atoms with Gasteiger partial charge in [0.15, 0.2) is 5.82 Å². The summed E-state index contributed by atoms with van der Waals surface area (Å²) in [7, 11) is 4.16. The molecule has 3 heterocycles. The van der Waals surface area contributed by atoms with Crippen molar-refractivity contribution in [3.8, 4) is 0 Å². The third-order valence-corrected chi connectivity index (χ3v) is 4.26. The summed E-state index contributed by atoms with van der Waals surface area (Å²) in [6.07, 6.45) is 4.80. The molecule has 1 aromatic rings. The molecule has 2 aliphatic heterocycles. The van der Waals surface area contributed by atoms with Crippen LogP contribution in [-0.2, 0) is 0 Å². The minimum atomic E-state index is -0.326. The van der Waals surface area contributed by atoms with Gasteiger partial charge in [0.1, 0.15) is 0 Å². The van der Waals surface area contributed by atoms with Crippen LogP contribution in [0.25, 0.3) is 5.70 Å². The van der Waals surface area contributed by atoms with Gasteiger partial charge in [-0.1, -0.05) is 0 Å². The maximum atomic E-state index is 14.0. The normalized spacial score (nSPS) is 23.4. The molecule has 22 heavy (non-hydrogen) atoms. The van der Waals surface area contributed by atoms with Crippen LogP contribution in [0.1, 0.15) is 12.5 Å². The van der Waals surface area contributed by atoms with Gasteiger partial charge in [0.25, 0.3) is 0 Å². The van der Waals surface area contributed by atoms with E-state index in [1.165, 1.54) is 6.20 Å². The summed E-state index contributed by atoms with van der Waals surface area (Å²) in [5, 5.41) is 0. The zero-order valence-electron chi connectivity index (χ0n) is 13.3. The summed E-state index contributed by atoms with van der Waals surface area (Å²) in [6.45, 7) is 5.90. The van der Waals surface area contributed by atoms with E-state index in [9.17, 15) is 4.39 Å². The molecule has 1 atom stereocenters. The number of aliphatic imine (C=N–C) groups is 1. The first-order valence-electron chi connectivity index (χ1n) is 7.61. The van der Waals surface area contributed by atoms with E-state index in [0.29, 0.717) is 17.3 Å². The summed E-state index contributed by atoms with van der Waals surface area (Å²) >= 11 is 0. The molecule has 1 fully saturated rings. The van der Waals surface area contributed by atoms with E-state index >= 15 is 0 Å². The summed E-state index contributed by atoms with van der Waals surface area (Å²) in [6, 6.07) is 2.07. The molecule has 1 saturated heterocycles. The lowest BCUT2D eigenvalue weighted by Crippen LogP contribution is -2.56. The summed E-state index contributed by atoms with van der Waals surface area (Å²) in [5.41, 5.74) is 1.21. The van der Waals surface area contributed by atoms with Crippen LogP contribution in [0.2, 0.25) is 0 Å². The van der Waals surface area contributed by atoms with Crippen molar-refractivity contribution in [2.75, 3.05) is 40.3 Å². The van der Waals surface area contributed by atoms with Crippen LogP contribution in [0.3, 0.4) is 0 Å². The van der Waals surface area contributed by atoms with Gasteiger partial charge in [-0.3, -0.25) is 4.98 Å². The van der Waals surface area contributed by atoms with Crippen molar-refractivity contribution in [3.05, 3.63) is 35.9 Å². The lowest BCUT2D eigenvalue weighted by Gasteiger charge is -2.43. The molecule has 2 aliphatic rings. The molecule has 0 radical (unpaired) electrons. The Kier molecular flexibility index (Phi) is 4.11. The Morgan fingerprint density at radius 3 is 2.82 bits per heavy atom. The van der Waals surface area contributed by atoms with Crippen LogP contribution in [0, 0.1) is 5.82 Å². The van der Waals surface area contributed by atoms with Gasteiger partial charge in [0.2, 0.25) is 5.96 Å². The largest absolute Gasteiger partial charge is 0.342 e. The van der Waals surface area contributed by atoms with E-state index in [1.807, 2.05) is 13.1 Å². The molecule has 0 unspecified atom stereocenters. The molecular weight excluding hydrogens is 281 g/mol. The molecule has 118 valence electrons. The zero-order chi connectivity index (χ0) is 15.7. The van der Waals surface area contributed by atoms with E-state index in [0.717, 1.165) is 32.1 Å². The third-order valence-electron chi connectivity index (χ3n) is 4.26. The molecule has 0 saturated carbocycles. The van der Waals surface area contributed by atoms with Gasteiger partial charge in [-0.2, -0.15) is 0 Å². The highest BCUT2D eigenvalue weighted by Gasteiger charge is 2.28. The highest BCUT2D eigenvalue weighted by atomic mass is 19.1. The van der Waals surface area contributed by atoms with E-state index in [-0.39, 0.29) is 5.82 Å². The van der Waals surface area contributed by atoms with E-state index in [1.54, 1.807) is 12.3 Å². The van der Waals surface area contributed by atoms with Gasteiger partial charge in [-0.15, -0.1) is 0 Å². The number of hydrogen-bond donors (Lipinski definition) is 0. The minimum Gasteiger partial charge on any atom is -0.342 e.